The second-order valence-corrected chi connectivity index (χ2v) is 4.71. The second kappa shape index (κ2) is 12.4. The number of hydrogen-bond acceptors (Lipinski definition) is 4. The lowest BCUT2D eigenvalue weighted by molar-refractivity contribution is 1.03. The fourth-order valence-electron chi connectivity index (χ4n) is 1.57. The fourth-order valence-corrected chi connectivity index (χ4v) is 1.86. The van der Waals surface area contributed by atoms with E-state index >= 15 is 0 Å². The van der Waals surface area contributed by atoms with Crippen molar-refractivity contribution in [3.63, 3.8) is 0 Å². The van der Waals surface area contributed by atoms with Crippen LogP contribution in [0.4, 0.5) is 0 Å². The van der Waals surface area contributed by atoms with E-state index < -0.39 is 0 Å². The zero-order valence-corrected chi connectivity index (χ0v) is 13.3. The molecule has 0 fully saturated rings. The van der Waals surface area contributed by atoms with Crippen LogP contribution in [0.15, 0.2) is 36.4 Å². The van der Waals surface area contributed by atoms with Crippen LogP contribution in [0.2, 0.25) is 0 Å². The molecule has 4 nitrogen and oxygen atoms in total. The number of aromatic nitrogens is 2. The van der Waals surface area contributed by atoms with Gasteiger partial charge in [0.1, 0.15) is 0 Å². The van der Waals surface area contributed by atoms with E-state index in [4.69, 9.17) is 33.7 Å². The van der Waals surface area contributed by atoms with E-state index in [2.05, 4.69) is 9.97 Å². The van der Waals surface area contributed by atoms with Crippen molar-refractivity contribution in [2.45, 2.75) is 32.0 Å². The lowest BCUT2D eigenvalue weighted by atomic mass is 10.2. The third-order valence-corrected chi connectivity index (χ3v) is 3.07. The maximum Gasteiger partial charge on any atom is 0.0774 e. The molecule has 2 rings (SSSR count). The van der Waals surface area contributed by atoms with Gasteiger partial charge in [0.25, 0.3) is 0 Å². The van der Waals surface area contributed by atoms with Crippen LogP contribution in [0.3, 0.4) is 0 Å². The van der Waals surface area contributed by atoms with Gasteiger partial charge in [-0.2, -0.15) is 10.5 Å². The van der Waals surface area contributed by atoms with Crippen molar-refractivity contribution in [1.82, 2.24) is 9.97 Å². The molecule has 0 saturated heterocycles. The maximum absolute atomic E-state index is 8.39. The van der Waals surface area contributed by atoms with E-state index in [-0.39, 0.29) is 7.43 Å². The quantitative estimate of drug-likeness (QED) is 0.767. The number of nitriles is 2. The van der Waals surface area contributed by atoms with Crippen LogP contribution in [0.25, 0.3) is 0 Å². The van der Waals surface area contributed by atoms with Gasteiger partial charge in [0.05, 0.1) is 59.5 Å². The molecule has 0 unspecified atom stereocenters. The first-order chi connectivity index (χ1) is 10.7. The predicted octanol–water partition coefficient (Wildman–Crippen LogP) is 4.41. The highest BCUT2D eigenvalue weighted by molar-refractivity contribution is 6.17. The van der Waals surface area contributed by atoms with Crippen LogP contribution in [0, 0.1) is 22.7 Å². The Morgan fingerprint density at radius 2 is 1.09 bits per heavy atom. The third-order valence-electron chi connectivity index (χ3n) is 2.52. The SMILES string of the molecule is C.ClCc1cccc(CCl)n1.N#CCc1cccc(CC#N)n1. The first-order valence-electron chi connectivity index (χ1n) is 6.49. The minimum atomic E-state index is 0. The molecule has 0 aliphatic rings. The van der Waals surface area contributed by atoms with Crippen molar-refractivity contribution in [2.75, 3.05) is 0 Å². The van der Waals surface area contributed by atoms with Crippen LogP contribution in [0.1, 0.15) is 30.2 Å². The van der Waals surface area contributed by atoms with Gasteiger partial charge in [-0.1, -0.05) is 19.6 Å². The number of hydrogen-bond donors (Lipinski definition) is 0. The van der Waals surface area contributed by atoms with Gasteiger partial charge in [0.15, 0.2) is 0 Å². The number of rotatable bonds is 4. The first kappa shape index (κ1) is 20.9. The maximum atomic E-state index is 8.39. The average molecular weight is 349 g/mol. The van der Waals surface area contributed by atoms with Crippen LogP contribution in [-0.2, 0) is 24.6 Å². The second-order valence-electron chi connectivity index (χ2n) is 4.18. The standard InChI is InChI=1S/C9H7N3.C7H7Cl2N.CH4/c10-6-4-8-2-1-3-9(12-8)5-7-11;8-4-6-2-1-3-7(5-9)10-6;/h1-3H,4-5H2;1-3H,4-5H2;1H4. The molecule has 0 atom stereocenters. The summed E-state index contributed by atoms with van der Waals surface area (Å²) in [6.45, 7) is 0. The number of pyridine rings is 2. The number of nitrogens with zero attached hydrogens (tertiary/aromatic N) is 4. The summed E-state index contributed by atoms with van der Waals surface area (Å²) < 4.78 is 0. The smallest absolute Gasteiger partial charge is 0.0774 e. The zero-order chi connectivity index (χ0) is 16.2. The van der Waals surface area contributed by atoms with Gasteiger partial charge in [-0.15, -0.1) is 23.2 Å². The fraction of sp³-hybridized carbons (Fsp3) is 0.294. The Morgan fingerprint density at radius 1 is 0.739 bits per heavy atom. The molecule has 0 spiro atoms. The molecule has 0 N–H and O–H groups in total. The highest BCUT2D eigenvalue weighted by Gasteiger charge is 1.95. The molecule has 2 heterocycles. The summed E-state index contributed by atoms with van der Waals surface area (Å²) >= 11 is 11.1. The van der Waals surface area contributed by atoms with E-state index in [1.165, 1.54) is 0 Å². The summed E-state index contributed by atoms with van der Waals surface area (Å²) in [7, 11) is 0. The molecule has 0 amide bonds. The highest BCUT2D eigenvalue weighted by atomic mass is 35.5. The zero-order valence-electron chi connectivity index (χ0n) is 11.8. The Morgan fingerprint density at radius 3 is 1.43 bits per heavy atom. The molecule has 23 heavy (non-hydrogen) atoms. The molecular weight excluding hydrogens is 331 g/mol. The molecule has 0 bridgehead atoms. The van der Waals surface area contributed by atoms with Crippen molar-refractivity contribution in [1.29, 1.82) is 10.5 Å². The van der Waals surface area contributed by atoms with Crippen molar-refractivity contribution in [3.8, 4) is 12.1 Å². The van der Waals surface area contributed by atoms with Gasteiger partial charge in [-0.3, -0.25) is 9.97 Å². The van der Waals surface area contributed by atoms with Crippen LogP contribution in [-0.4, -0.2) is 9.97 Å². The summed E-state index contributed by atoms with van der Waals surface area (Å²) in [6, 6.07) is 15.1. The Bertz CT molecular complexity index is 624. The van der Waals surface area contributed by atoms with Crippen molar-refractivity contribution >= 4 is 23.2 Å². The molecule has 120 valence electrons. The Balaban J connectivity index is 0.000000409. The normalized spacial score (nSPS) is 8.70. The van der Waals surface area contributed by atoms with E-state index in [1.807, 2.05) is 36.4 Å². The highest BCUT2D eigenvalue weighted by Crippen LogP contribution is 2.04. The van der Waals surface area contributed by atoms with Gasteiger partial charge in [0.2, 0.25) is 0 Å². The van der Waals surface area contributed by atoms with E-state index in [1.54, 1.807) is 12.1 Å². The largest absolute Gasteiger partial charge is 0.256 e. The molecule has 2 aromatic rings. The molecule has 0 saturated carbocycles. The minimum Gasteiger partial charge on any atom is -0.256 e. The van der Waals surface area contributed by atoms with E-state index in [9.17, 15) is 0 Å². The molecule has 0 aliphatic heterocycles. The van der Waals surface area contributed by atoms with Gasteiger partial charge in [-0.05, 0) is 24.3 Å². The van der Waals surface area contributed by atoms with Crippen LogP contribution in [0.5, 0.6) is 0 Å². The Labute approximate surface area is 147 Å². The number of alkyl halides is 2. The molecule has 6 heteroatoms. The summed E-state index contributed by atoms with van der Waals surface area (Å²) in [5.74, 6) is 0.898. The minimum absolute atomic E-state index is 0. The van der Waals surface area contributed by atoms with Gasteiger partial charge < -0.3 is 0 Å². The first-order valence-corrected chi connectivity index (χ1v) is 7.55. The Hall–Kier alpha value is -2.14. The monoisotopic (exact) mass is 348 g/mol. The van der Waals surface area contributed by atoms with Crippen LogP contribution < -0.4 is 0 Å². The summed E-state index contributed by atoms with van der Waals surface area (Å²) in [5, 5.41) is 16.8. The predicted molar refractivity (Wildman–Crippen MR) is 93.0 cm³/mol. The molecule has 0 radical (unpaired) electrons. The third kappa shape index (κ3) is 8.16. The van der Waals surface area contributed by atoms with E-state index in [0.717, 1.165) is 22.8 Å². The molecular formula is C17H18Cl2N4. The van der Waals surface area contributed by atoms with Gasteiger partial charge in [-0.25, -0.2) is 0 Å². The van der Waals surface area contributed by atoms with Crippen molar-refractivity contribution in [2.24, 2.45) is 0 Å². The summed E-state index contributed by atoms with van der Waals surface area (Å²) in [4.78, 5) is 8.25. The van der Waals surface area contributed by atoms with Crippen LogP contribution >= 0.6 is 23.2 Å². The molecule has 0 aliphatic carbocycles. The molecule has 0 aromatic carbocycles. The summed E-state index contributed by atoms with van der Waals surface area (Å²) in [6.07, 6.45) is 0.610. The van der Waals surface area contributed by atoms with Gasteiger partial charge >= 0.3 is 0 Å². The molecule has 2 aromatic heterocycles. The van der Waals surface area contributed by atoms with Crippen molar-refractivity contribution < 1.29 is 0 Å². The lowest BCUT2D eigenvalue weighted by Crippen LogP contribution is -1.92. The Kier molecular flexibility index (Phi) is 11.3. The van der Waals surface area contributed by atoms with Gasteiger partial charge in [0, 0.05) is 0 Å². The lowest BCUT2D eigenvalue weighted by Gasteiger charge is -1.95. The average Bonchev–Trinajstić information content (AvgIpc) is 2.56. The van der Waals surface area contributed by atoms with E-state index in [0.29, 0.717) is 24.6 Å². The number of halogens is 2. The van der Waals surface area contributed by atoms with Crippen molar-refractivity contribution in [3.05, 3.63) is 59.2 Å². The topological polar surface area (TPSA) is 73.4 Å². The summed E-state index contributed by atoms with van der Waals surface area (Å²) in [5.41, 5.74) is 3.20.